The van der Waals surface area contributed by atoms with Gasteiger partial charge in [0.15, 0.2) is 26.5 Å². The zero-order valence-corrected chi connectivity index (χ0v) is 28.7. The highest BCUT2D eigenvalue weighted by Gasteiger charge is 2.35. The lowest BCUT2D eigenvalue weighted by atomic mass is 9.95. The summed E-state index contributed by atoms with van der Waals surface area (Å²) in [5.74, 6) is 0.573. The van der Waals surface area contributed by atoms with E-state index in [1.165, 1.54) is 17.8 Å². The number of benzene rings is 2. The molecule has 0 aliphatic carbocycles. The van der Waals surface area contributed by atoms with Gasteiger partial charge in [0.2, 0.25) is 0 Å². The number of alkyl halides is 3. The van der Waals surface area contributed by atoms with Crippen LogP contribution >= 0.6 is 23.1 Å². The molecule has 5 aromatic rings. The van der Waals surface area contributed by atoms with Gasteiger partial charge in [-0.05, 0) is 68.4 Å². The minimum Gasteiger partial charge on any atom is -0.493 e. The maximum absolute atomic E-state index is 14.0. The van der Waals surface area contributed by atoms with Crippen LogP contribution in [0.25, 0.3) is 17.3 Å². The number of fused-ring (bicyclic) bond motifs is 1. The van der Waals surface area contributed by atoms with Crippen molar-refractivity contribution in [2.45, 2.75) is 43.2 Å². The summed E-state index contributed by atoms with van der Waals surface area (Å²) in [4.78, 5) is 40.3. The van der Waals surface area contributed by atoms with Gasteiger partial charge in [-0.3, -0.25) is 9.36 Å². The van der Waals surface area contributed by atoms with Crippen LogP contribution in [-0.4, -0.2) is 40.8 Å². The van der Waals surface area contributed by atoms with Crippen molar-refractivity contribution in [3.63, 3.8) is 0 Å². The third kappa shape index (κ3) is 7.09. The van der Waals surface area contributed by atoms with E-state index in [0.29, 0.717) is 39.7 Å². The molecule has 15 heteroatoms. The molecule has 1 aliphatic rings. The number of halogens is 3. The highest BCUT2D eigenvalue weighted by molar-refractivity contribution is 7.99. The van der Waals surface area contributed by atoms with E-state index in [2.05, 4.69) is 15.0 Å². The van der Waals surface area contributed by atoms with E-state index in [1.54, 1.807) is 74.5 Å². The summed E-state index contributed by atoms with van der Waals surface area (Å²) in [7, 11) is 1.52. The number of carbonyl (C=O) groups is 1. The number of methoxy groups -OCH3 is 1. The van der Waals surface area contributed by atoms with E-state index in [-0.39, 0.29) is 38.4 Å². The number of rotatable bonds is 10. The Balaban J connectivity index is 1.39. The smallest absolute Gasteiger partial charge is 0.433 e. The number of hydrogen-bond donors (Lipinski definition) is 0. The van der Waals surface area contributed by atoms with Gasteiger partial charge in [0.1, 0.15) is 11.5 Å². The molecule has 1 aliphatic heterocycles. The second kappa shape index (κ2) is 14.4. The maximum Gasteiger partial charge on any atom is 0.433 e. The molecule has 0 radical (unpaired) electrons. The monoisotopic (exact) mass is 722 g/mol. The molecule has 258 valence electrons. The molecule has 3 aromatic heterocycles. The molecule has 50 heavy (non-hydrogen) atoms. The van der Waals surface area contributed by atoms with Gasteiger partial charge in [0.05, 0.1) is 47.9 Å². The number of aromatic nitrogens is 3. The van der Waals surface area contributed by atoms with E-state index >= 15 is 0 Å². The zero-order valence-electron chi connectivity index (χ0n) is 27.1. The first-order chi connectivity index (χ1) is 24.0. The molecule has 2 aromatic carbocycles. The molecule has 6 rings (SSSR count). The summed E-state index contributed by atoms with van der Waals surface area (Å²) in [6.45, 7) is 5.68. The topological polar surface area (TPSA) is 118 Å². The van der Waals surface area contributed by atoms with E-state index in [9.17, 15) is 22.8 Å². The fourth-order valence-electron chi connectivity index (χ4n) is 5.30. The van der Waals surface area contributed by atoms with Crippen LogP contribution in [-0.2, 0) is 15.7 Å². The van der Waals surface area contributed by atoms with Gasteiger partial charge in [0.25, 0.3) is 5.56 Å². The van der Waals surface area contributed by atoms with E-state index in [1.807, 2.05) is 6.92 Å². The van der Waals surface area contributed by atoms with Crippen LogP contribution in [0.4, 0.5) is 13.2 Å². The predicted molar refractivity (Wildman–Crippen MR) is 180 cm³/mol. The Hall–Kier alpha value is -5.15. The summed E-state index contributed by atoms with van der Waals surface area (Å²) in [5, 5.41) is 0.0502. The van der Waals surface area contributed by atoms with Crippen LogP contribution < -0.4 is 24.4 Å². The Morgan fingerprint density at radius 1 is 1.04 bits per heavy atom. The summed E-state index contributed by atoms with van der Waals surface area (Å²) in [5.41, 5.74) is 0.252. The standard InChI is InChI=1S/C35H29F3N4O6S2/c1-5-46-25-16-21(12-14-24(25)45-4)30-29(32(44)47-6-2)19(3)39-34-42(30)31(43)26(49-34)17-22-13-15-28(48-22)50-33-40-23(20-10-8-7-9-11-20)18-27(41-33)35(36,37)38/h7-18,30H,5-6H2,1-4H3/b26-17+/t30-/m0/s1. The Bertz CT molecular complexity index is 2280. The third-order valence-electron chi connectivity index (χ3n) is 7.45. The molecule has 0 saturated heterocycles. The average Bonchev–Trinajstić information content (AvgIpc) is 3.66. The van der Waals surface area contributed by atoms with Gasteiger partial charge in [-0.15, -0.1) is 0 Å². The van der Waals surface area contributed by atoms with Crippen molar-refractivity contribution in [3.8, 4) is 22.8 Å². The van der Waals surface area contributed by atoms with E-state index in [4.69, 9.17) is 18.6 Å². The molecule has 0 N–H and O–H groups in total. The summed E-state index contributed by atoms with van der Waals surface area (Å²) in [6.07, 6.45) is -3.18. The number of esters is 1. The van der Waals surface area contributed by atoms with Gasteiger partial charge in [0, 0.05) is 11.6 Å². The SMILES string of the molecule is CCOC(=O)C1=C(C)N=c2s/c(=C/c3ccc(Sc4nc(-c5ccccc5)cc(C(F)(F)F)n4)o3)c(=O)n2[C@H]1c1ccc(OC)c(OCC)c1. The van der Waals surface area contributed by atoms with Crippen LogP contribution in [0.3, 0.4) is 0 Å². The lowest BCUT2D eigenvalue weighted by molar-refractivity contribution is -0.141. The fraction of sp³-hybridized carbons (Fsp3) is 0.229. The lowest BCUT2D eigenvalue weighted by Gasteiger charge is -2.25. The molecule has 0 fully saturated rings. The van der Waals surface area contributed by atoms with Crippen LogP contribution in [0, 0.1) is 0 Å². The Labute approximate surface area is 291 Å². The minimum absolute atomic E-state index is 0.112. The Kier molecular flexibility index (Phi) is 9.97. The average molecular weight is 723 g/mol. The molecular formula is C35H29F3N4O6S2. The Morgan fingerprint density at radius 3 is 2.52 bits per heavy atom. The largest absolute Gasteiger partial charge is 0.493 e. The summed E-state index contributed by atoms with van der Waals surface area (Å²) < 4.78 is 65.4. The summed E-state index contributed by atoms with van der Waals surface area (Å²) >= 11 is 1.91. The van der Waals surface area contributed by atoms with Crippen molar-refractivity contribution in [3.05, 3.63) is 115 Å². The zero-order chi connectivity index (χ0) is 35.6. The molecule has 0 saturated carbocycles. The molecule has 0 unspecified atom stereocenters. The Morgan fingerprint density at radius 2 is 1.82 bits per heavy atom. The molecule has 0 spiro atoms. The van der Waals surface area contributed by atoms with Crippen LogP contribution in [0.5, 0.6) is 11.5 Å². The first-order valence-electron chi connectivity index (χ1n) is 15.3. The van der Waals surface area contributed by atoms with Crippen LogP contribution in [0.1, 0.15) is 43.8 Å². The van der Waals surface area contributed by atoms with Crippen molar-refractivity contribution in [1.29, 1.82) is 0 Å². The number of furan rings is 1. The highest BCUT2D eigenvalue weighted by atomic mass is 32.2. The van der Waals surface area contributed by atoms with Gasteiger partial charge in [-0.25, -0.2) is 19.8 Å². The highest BCUT2D eigenvalue weighted by Crippen LogP contribution is 2.37. The van der Waals surface area contributed by atoms with E-state index in [0.717, 1.165) is 29.2 Å². The first kappa shape index (κ1) is 34.7. The van der Waals surface area contributed by atoms with Gasteiger partial charge >= 0.3 is 12.1 Å². The second-order valence-corrected chi connectivity index (χ2v) is 12.7. The maximum atomic E-state index is 14.0. The van der Waals surface area contributed by atoms with Crippen molar-refractivity contribution in [1.82, 2.24) is 14.5 Å². The molecular weight excluding hydrogens is 694 g/mol. The van der Waals surface area contributed by atoms with Crippen molar-refractivity contribution in [2.75, 3.05) is 20.3 Å². The number of allylic oxidation sites excluding steroid dienone is 1. The quantitative estimate of drug-likeness (QED) is 0.119. The number of hydrogen-bond acceptors (Lipinski definition) is 11. The molecule has 4 heterocycles. The number of nitrogens with zero attached hydrogens (tertiary/aromatic N) is 4. The molecule has 0 amide bonds. The van der Waals surface area contributed by atoms with Crippen molar-refractivity contribution in [2.24, 2.45) is 4.99 Å². The fourth-order valence-corrected chi connectivity index (χ4v) is 7.07. The van der Waals surface area contributed by atoms with Crippen LogP contribution in [0.2, 0.25) is 0 Å². The lowest BCUT2D eigenvalue weighted by Crippen LogP contribution is -2.39. The summed E-state index contributed by atoms with van der Waals surface area (Å²) in [6, 6.07) is 16.8. The van der Waals surface area contributed by atoms with Gasteiger partial charge < -0.3 is 18.6 Å². The minimum atomic E-state index is -4.69. The number of thiazole rings is 1. The van der Waals surface area contributed by atoms with Gasteiger partial charge in [-0.2, -0.15) is 13.2 Å². The molecule has 0 bridgehead atoms. The number of carbonyl (C=O) groups excluding carboxylic acids is 1. The molecule has 1 atom stereocenters. The molecule has 10 nitrogen and oxygen atoms in total. The van der Waals surface area contributed by atoms with Crippen LogP contribution in [0.15, 0.2) is 102 Å². The second-order valence-electron chi connectivity index (χ2n) is 10.7. The third-order valence-corrected chi connectivity index (χ3v) is 9.22. The van der Waals surface area contributed by atoms with Gasteiger partial charge in [-0.1, -0.05) is 47.7 Å². The first-order valence-corrected chi connectivity index (χ1v) is 16.9. The predicted octanol–water partition coefficient (Wildman–Crippen LogP) is 6.43. The van der Waals surface area contributed by atoms with Crippen molar-refractivity contribution < 1.29 is 36.6 Å². The number of ether oxygens (including phenoxy) is 3. The van der Waals surface area contributed by atoms with Crippen molar-refractivity contribution >= 4 is 35.1 Å². The van der Waals surface area contributed by atoms with E-state index < -0.39 is 29.4 Å². The normalized spacial score (nSPS) is 14.7.